The van der Waals surface area contributed by atoms with Crippen molar-refractivity contribution in [2.24, 2.45) is 0 Å². The highest BCUT2D eigenvalue weighted by molar-refractivity contribution is 7.11. The molecule has 0 aliphatic carbocycles. The molecule has 1 saturated heterocycles. The molecular formula is C13H20N2O3S. The summed E-state index contributed by atoms with van der Waals surface area (Å²) in [4.78, 5) is 16.5. The zero-order valence-electron chi connectivity index (χ0n) is 11.2. The minimum atomic E-state index is -0.0425. The molecule has 1 aliphatic heterocycles. The molecule has 1 fully saturated rings. The Labute approximate surface area is 117 Å². The number of aromatic nitrogens is 1. The second kappa shape index (κ2) is 7.57. The molecule has 1 atom stereocenters. The van der Waals surface area contributed by atoms with Gasteiger partial charge in [0.05, 0.1) is 23.9 Å². The lowest BCUT2D eigenvalue weighted by Gasteiger charge is -2.10. The Morgan fingerprint density at radius 2 is 2.58 bits per heavy atom. The first kappa shape index (κ1) is 14.4. The lowest BCUT2D eigenvalue weighted by molar-refractivity contribution is 0.0166. The molecule has 5 nitrogen and oxygen atoms in total. The summed E-state index contributed by atoms with van der Waals surface area (Å²) >= 11 is 1.37. The molecule has 0 saturated carbocycles. The Kier molecular flexibility index (Phi) is 5.75. The van der Waals surface area contributed by atoms with Crippen LogP contribution >= 0.6 is 11.3 Å². The Bertz CT molecular complexity index is 402. The van der Waals surface area contributed by atoms with Crippen LogP contribution in [0.5, 0.6) is 0 Å². The molecule has 2 heterocycles. The Morgan fingerprint density at radius 3 is 3.26 bits per heavy atom. The van der Waals surface area contributed by atoms with Gasteiger partial charge in [0.2, 0.25) is 0 Å². The number of nitrogens with zero attached hydrogens (tertiary/aromatic N) is 1. The van der Waals surface area contributed by atoms with Gasteiger partial charge in [-0.3, -0.25) is 4.79 Å². The van der Waals surface area contributed by atoms with Crippen molar-refractivity contribution in [2.75, 3.05) is 26.4 Å². The molecule has 0 aromatic carbocycles. The van der Waals surface area contributed by atoms with Gasteiger partial charge in [-0.05, 0) is 26.2 Å². The minimum Gasteiger partial charge on any atom is -0.379 e. The highest BCUT2D eigenvalue weighted by Gasteiger charge is 2.15. The fourth-order valence-electron chi connectivity index (χ4n) is 1.97. The number of hydrogen-bond donors (Lipinski definition) is 1. The van der Waals surface area contributed by atoms with E-state index in [0.717, 1.165) is 31.6 Å². The smallest absolute Gasteiger partial charge is 0.263 e. The van der Waals surface area contributed by atoms with Crippen LogP contribution in [-0.4, -0.2) is 43.4 Å². The minimum absolute atomic E-state index is 0.0425. The van der Waals surface area contributed by atoms with Crippen molar-refractivity contribution >= 4 is 17.2 Å². The van der Waals surface area contributed by atoms with Crippen molar-refractivity contribution in [3.63, 3.8) is 0 Å². The van der Waals surface area contributed by atoms with Crippen molar-refractivity contribution in [3.05, 3.63) is 16.1 Å². The van der Waals surface area contributed by atoms with Crippen LogP contribution in [0, 0.1) is 6.92 Å². The second-order valence-electron chi connectivity index (χ2n) is 4.59. The average molecular weight is 284 g/mol. The van der Waals surface area contributed by atoms with E-state index in [-0.39, 0.29) is 12.0 Å². The van der Waals surface area contributed by atoms with Crippen LogP contribution in [0.4, 0.5) is 0 Å². The highest BCUT2D eigenvalue weighted by Crippen LogP contribution is 2.12. The summed E-state index contributed by atoms with van der Waals surface area (Å²) in [5.74, 6) is -0.0425. The monoisotopic (exact) mass is 284 g/mol. The molecule has 0 unspecified atom stereocenters. The van der Waals surface area contributed by atoms with Crippen LogP contribution in [0.25, 0.3) is 0 Å². The Morgan fingerprint density at radius 1 is 1.68 bits per heavy atom. The maximum Gasteiger partial charge on any atom is 0.263 e. The Balaban J connectivity index is 1.52. The van der Waals surface area contributed by atoms with E-state index in [1.807, 2.05) is 6.92 Å². The van der Waals surface area contributed by atoms with E-state index in [1.165, 1.54) is 11.3 Å². The SMILES string of the molecule is Cc1ncsc1C(=O)NCCCOC[C@@H]1CCCO1. The summed E-state index contributed by atoms with van der Waals surface area (Å²) in [6, 6.07) is 0. The van der Waals surface area contributed by atoms with E-state index in [4.69, 9.17) is 9.47 Å². The van der Waals surface area contributed by atoms with Crippen LogP contribution in [0.2, 0.25) is 0 Å². The van der Waals surface area contributed by atoms with Crippen LogP contribution in [0.3, 0.4) is 0 Å². The second-order valence-corrected chi connectivity index (χ2v) is 5.44. The van der Waals surface area contributed by atoms with Gasteiger partial charge in [-0.15, -0.1) is 11.3 Å². The van der Waals surface area contributed by atoms with E-state index in [0.29, 0.717) is 24.6 Å². The fraction of sp³-hybridized carbons (Fsp3) is 0.692. The summed E-state index contributed by atoms with van der Waals surface area (Å²) in [5, 5.41) is 2.87. The number of aryl methyl sites for hydroxylation is 1. The number of carbonyl (C=O) groups is 1. The number of ether oxygens (including phenoxy) is 2. The van der Waals surface area contributed by atoms with Gasteiger partial charge in [0.15, 0.2) is 0 Å². The van der Waals surface area contributed by atoms with Crippen LogP contribution in [-0.2, 0) is 9.47 Å². The summed E-state index contributed by atoms with van der Waals surface area (Å²) in [7, 11) is 0. The molecule has 1 aromatic heterocycles. The average Bonchev–Trinajstić information content (AvgIpc) is 3.04. The van der Waals surface area contributed by atoms with Gasteiger partial charge in [-0.25, -0.2) is 4.98 Å². The third-order valence-electron chi connectivity index (χ3n) is 3.03. The first-order valence-corrected chi connectivity index (χ1v) is 7.53. The number of thiazole rings is 1. The lowest BCUT2D eigenvalue weighted by atomic mass is 10.2. The van der Waals surface area contributed by atoms with Gasteiger partial charge in [-0.2, -0.15) is 0 Å². The van der Waals surface area contributed by atoms with Gasteiger partial charge < -0.3 is 14.8 Å². The summed E-state index contributed by atoms with van der Waals surface area (Å²) in [5.41, 5.74) is 2.48. The Hall–Kier alpha value is -0.980. The molecule has 106 valence electrons. The van der Waals surface area contributed by atoms with Gasteiger partial charge in [0, 0.05) is 19.8 Å². The van der Waals surface area contributed by atoms with Gasteiger partial charge in [0.25, 0.3) is 5.91 Å². The van der Waals surface area contributed by atoms with E-state index in [1.54, 1.807) is 5.51 Å². The predicted molar refractivity (Wildman–Crippen MR) is 73.6 cm³/mol. The number of hydrogen-bond acceptors (Lipinski definition) is 5. The lowest BCUT2D eigenvalue weighted by Crippen LogP contribution is -2.25. The van der Waals surface area contributed by atoms with Crippen LogP contribution in [0.15, 0.2) is 5.51 Å². The number of carbonyl (C=O) groups excluding carboxylic acids is 1. The molecule has 1 aromatic rings. The number of rotatable bonds is 7. The topological polar surface area (TPSA) is 60.5 Å². The largest absolute Gasteiger partial charge is 0.379 e. The summed E-state index contributed by atoms with van der Waals surface area (Å²) in [6.07, 6.45) is 3.32. The molecule has 1 aliphatic rings. The van der Waals surface area contributed by atoms with Gasteiger partial charge in [0.1, 0.15) is 4.88 Å². The normalized spacial score (nSPS) is 18.7. The van der Waals surface area contributed by atoms with Gasteiger partial charge in [-0.1, -0.05) is 0 Å². The van der Waals surface area contributed by atoms with E-state index in [2.05, 4.69) is 10.3 Å². The number of nitrogens with one attached hydrogen (secondary N) is 1. The van der Waals surface area contributed by atoms with Crippen LogP contribution in [0.1, 0.15) is 34.6 Å². The first-order chi connectivity index (χ1) is 9.27. The van der Waals surface area contributed by atoms with E-state index < -0.39 is 0 Å². The van der Waals surface area contributed by atoms with E-state index >= 15 is 0 Å². The predicted octanol–water partition coefficient (Wildman–Crippen LogP) is 1.77. The van der Waals surface area contributed by atoms with Crippen molar-refractivity contribution in [2.45, 2.75) is 32.3 Å². The third-order valence-corrected chi connectivity index (χ3v) is 3.96. The molecule has 6 heteroatoms. The molecule has 1 N–H and O–H groups in total. The molecule has 0 spiro atoms. The maximum atomic E-state index is 11.8. The third kappa shape index (κ3) is 4.56. The molecule has 19 heavy (non-hydrogen) atoms. The molecule has 1 amide bonds. The van der Waals surface area contributed by atoms with Gasteiger partial charge >= 0.3 is 0 Å². The number of amides is 1. The standard InChI is InChI=1S/C13H20N2O3S/c1-10-12(19-9-15-10)13(16)14-5-3-6-17-8-11-4-2-7-18-11/h9,11H,2-8H2,1H3,(H,14,16)/t11-/m0/s1. The van der Waals surface area contributed by atoms with E-state index in [9.17, 15) is 4.79 Å². The zero-order chi connectivity index (χ0) is 13.5. The van der Waals surface area contributed by atoms with Crippen molar-refractivity contribution in [1.82, 2.24) is 10.3 Å². The first-order valence-electron chi connectivity index (χ1n) is 6.65. The molecular weight excluding hydrogens is 264 g/mol. The molecule has 0 bridgehead atoms. The van der Waals surface area contributed by atoms with Crippen molar-refractivity contribution in [1.29, 1.82) is 0 Å². The summed E-state index contributed by atoms with van der Waals surface area (Å²) < 4.78 is 11.0. The molecule has 0 radical (unpaired) electrons. The zero-order valence-corrected chi connectivity index (χ0v) is 12.0. The highest BCUT2D eigenvalue weighted by atomic mass is 32.1. The van der Waals surface area contributed by atoms with Crippen LogP contribution < -0.4 is 5.32 Å². The quantitative estimate of drug-likeness (QED) is 0.775. The van der Waals surface area contributed by atoms with Crippen molar-refractivity contribution < 1.29 is 14.3 Å². The maximum absolute atomic E-state index is 11.8. The summed E-state index contributed by atoms with van der Waals surface area (Å²) in [6.45, 7) is 4.65. The fourth-order valence-corrected chi connectivity index (χ4v) is 2.69. The molecule has 2 rings (SSSR count). The van der Waals surface area contributed by atoms with Crippen molar-refractivity contribution in [3.8, 4) is 0 Å².